The highest BCUT2D eigenvalue weighted by Gasteiger charge is 2.76. The number of thioether (sulfide) groups is 1. The van der Waals surface area contributed by atoms with Crippen molar-refractivity contribution in [2.24, 2.45) is 17.8 Å². The first kappa shape index (κ1) is 29.9. The maximum atomic E-state index is 14.3. The number of carbonyl (C=O) groups is 3. The summed E-state index contributed by atoms with van der Waals surface area (Å²) in [7, 11) is 0. The molecule has 10 heteroatoms. The highest BCUT2D eigenvalue weighted by molar-refractivity contribution is 9.09. The van der Waals surface area contributed by atoms with Gasteiger partial charge in [-0.3, -0.25) is 14.4 Å². The first-order valence-electron chi connectivity index (χ1n) is 14.3. The lowest BCUT2D eigenvalue weighted by molar-refractivity contribution is -0.142. The smallest absolute Gasteiger partial charge is 0.244 e. The Labute approximate surface area is 254 Å². The van der Waals surface area contributed by atoms with Gasteiger partial charge >= 0.3 is 0 Å². The van der Waals surface area contributed by atoms with Crippen molar-refractivity contribution in [3.8, 4) is 5.75 Å². The van der Waals surface area contributed by atoms with Crippen LogP contribution in [0, 0.1) is 17.8 Å². The van der Waals surface area contributed by atoms with E-state index in [1.807, 2.05) is 51.1 Å². The lowest BCUT2D eigenvalue weighted by atomic mass is 9.70. The van der Waals surface area contributed by atoms with Gasteiger partial charge < -0.3 is 25.4 Å². The molecule has 8 nitrogen and oxygen atoms in total. The quantitative estimate of drug-likeness (QED) is 0.317. The van der Waals surface area contributed by atoms with Gasteiger partial charge in [-0.25, -0.2) is 0 Å². The molecule has 2 bridgehead atoms. The molecule has 3 aliphatic rings. The molecule has 0 radical (unpaired) electrons. The number of likely N-dealkylation sites (tertiary alicyclic amines) is 1. The minimum Gasteiger partial charge on any atom is -0.494 e. The molecule has 0 saturated carbocycles. The first-order valence-corrected chi connectivity index (χ1v) is 16.1. The molecule has 3 fully saturated rings. The third-order valence-corrected chi connectivity index (χ3v) is 11.6. The third kappa shape index (κ3) is 5.62. The number of amides is 3. The Kier molecular flexibility index (Phi) is 9.01. The summed E-state index contributed by atoms with van der Waals surface area (Å²) in [5.41, 5.74) is 1.58. The van der Waals surface area contributed by atoms with Gasteiger partial charge in [-0.15, -0.1) is 11.8 Å². The summed E-state index contributed by atoms with van der Waals surface area (Å²) < 4.78 is 4.74. The van der Waals surface area contributed by atoms with Crippen molar-refractivity contribution in [1.82, 2.24) is 10.2 Å². The lowest BCUT2D eigenvalue weighted by Gasteiger charge is -2.37. The normalized spacial score (nSPS) is 29.0. The van der Waals surface area contributed by atoms with E-state index in [2.05, 4.69) is 26.6 Å². The van der Waals surface area contributed by atoms with Crippen molar-refractivity contribution in [1.29, 1.82) is 0 Å². The number of fused-ring (bicyclic) bond motifs is 1. The van der Waals surface area contributed by atoms with E-state index < -0.39 is 28.7 Å². The molecule has 220 valence electrons. The zero-order chi connectivity index (χ0) is 29.3. The van der Waals surface area contributed by atoms with Crippen molar-refractivity contribution >= 4 is 51.1 Å². The van der Waals surface area contributed by atoms with E-state index in [9.17, 15) is 19.5 Å². The number of anilines is 1. The molecule has 0 aromatic heterocycles. The van der Waals surface area contributed by atoms with Gasteiger partial charge in [0.25, 0.3) is 0 Å². The van der Waals surface area contributed by atoms with Gasteiger partial charge in [-0.1, -0.05) is 60.1 Å². The molecule has 1 spiro atoms. The molecule has 7 atom stereocenters. The van der Waals surface area contributed by atoms with Gasteiger partial charge in [-0.2, -0.15) is 0 Å². The van der Waals surface area contributed by atoms with E-state index in [1.54, 1.807) is 40.9 Å². The summed E-state index contributed by atoms with van der Waals surface area (Å²) in [6.07, 6.45) is 1.15. The standard InChI is InChI=1S/C31H38BrN3O5S/c1-4-40-22-12-10-20(11-13-22)34-28(37)24-25-30(39)35(21(17-36)14-18(2)3)27(31(25)15-23(32)26(24)41-31)29(38)33-16-19-8-6-5-7-9-19/h5-13,18,21,23-27,36H,4,14-17H2,1-3H3,(H,33,38)(H,34,37)/t21-,23?,24+,25+,26+,27?,31?/m1/s1. The number of aliphatic hydroxyl groups excluding tert-OH is 1. The molecule has 3 amide bonds. The maximum Gasteiger partial charge on any atom is 0.244 e. The molecule has 3 N–H and O–H groups in total. The van der Waals surface area contributed by atoms with Crippen LogP contribution in [-0.2, 0) is 20.9 Å². The van der Waals surface area contributed by atoms with E-state index in [0.717, 1.165) is 5.56 Å². The second kappa shape index (κ2) is 12.4. The Morgan fingerprint density at radius 1 is 1.15 bits per heavy atom. The number of benzene rings is 2. The van der Waals surface area contributed by atoms with Crippen LogP contribution in [0.15, 0.2) is 54.6 Å². The van der Waals surface area contributed by atoms with Crippen molar-refractivity contribution < 1.29 is 24.2 Å². The van der Waals surface area contributed by atoms with E-state index in [1.165, 1.54) is 0 Å². The number of nitrogens with zero attached hydrogens (tertiary/aromatic N) is 1. The summed E-state index contributed by atoms with van der Waals surface area (Å²) in [4.78, 5) is 43.8. The van der Waals surface area contributed by atoms with E-state index in [0.29, 0.717) is 37.4 Å². The average Bonchev–Trinajstić information content (AvgIpc) is 3.55. The molecule has 41 heavy (non-hydrogen) atoms. The topological polar surface area (TPSA) is 108 Å². The van der Waals surface area contributed by atoms with Crippen LogP contribution in [0.2, 0.25) is 0 Å². The van der Waals surface area contributed by atoms with Crippen LogP contribution in [-0.4, -0.2) is 67.8 Å². The fourth-order valence-corrected chi connectivity index (χ4v) is 10.4. The van der Waals surface area contributed by atoms with E-state index in [4.69, 9.17) is 4.74 Å². The summed E-state index contributed by atoms with van der Waals surface area (Å²) >= 11 is 5.40. The molecule has 3 unspecified atom stereocenters. The third-order valence-electron chi connectivity index (χ3n) is 8.37. The van der Waals surface area contributed by atoms with Crippen molar-refractivity contribution in [3.05, 3.63) is 60.2 Å². The summed E-state index contributed by atoms with van der Waals surface area (Å²) in [5.74, 6) is -1.05. The number of hydrogen-bond donors (Lipinski definition) is 3. The fourth-order valence-electron chi connectivity index (χ4n) is 6.79. The van der Waals surface area contributed by atoms with Crippen LogP contribution in [0.4, 0.5) is 5.69 Å². The van der Waals surface area contributed by atoms with E-state index in [-0.39, 0.29) is 40.3 Å². The lowest BCUT2D eigenvalue weighted by Crippen LogP contribution is -2.57. The number of alkyl halides is 1. The van der Waals surface area contributed by atoms with Gasteiger partial charge in [0.1, 0.15) is 11.8 Å². The zero-order valence-corrected chi connectivity index (χ0v) is 26.0. The van der Waals surface area contributed by atoms with Crippen molar-refractivity contribution in [2.45, 2.75) is 67.1 Å². The molecular weight excluding hydrogens is 606 g/mol. The second-order valence-electron chi connectivity index (χ2n) is 11.5. The molecule has 3 heterocycles. The van der Waals surface area contributed by atoms with E-state index >= 15 is 0 Å². The van der Waals surface area contributed by atoms with Gasteiger partial charge in [0, 0.05) is 22.3 Å². The van der Waals surface area contributed by atoms with Crippen LogP contribution in [0.1, 0.15) is 39.2 Å². The zero-order valence-electron chi connectivity index (χ0n) is 23.6. The molecule has 0 aliphatic carbocycles. The van der Waals surface area contributed by atoms with Gasteiger partial charge in [0.05, 0.1) is 35.8 Å². The molecule has 2 aromatic carbocycles. The highest BCUT2D eigenvalue weighted by Crippen LogP contribution is 2.68. The summed E-state index contributed by atoms with van der Waals surface area (Å²) in [6.45, 7) is 6.62. The minimum absolute atomic E-state index is 0.0327. The predicted molar refractivity (Wildman–Crippen MR) is 164 cm³/mol. The predicted octanol–water partition coefficient (Wildman–Crippen LogP) is 4.21. The Morgan fingerprint density at radius 2 is 1.85 bits per heavy atom. The monoisotopic (exact) mass is 643 g/mol. The Bertz CT molecular complexity index is 1260. The maximum absolute atomic E-state index is 14.3. The van der Waals surface area contributed by atoms with Crippen molar-refractivity contribution in [2.75, 3.05) is 18.5 Å². The highest BCUT2D eigenvalue weighted by atomic mass is 79.9. The number of nitrogens with one attached hydrogen (secondary N) is 2. The second-order valence-corrected chi connectivity index (χ2v) is 14.2. The molecule has 3 aliphatic heterocycles. The minimum atomic E-state index is -0.794. The number of halogens is 1. The molecule has 3 saturated heterocycles. The van der Waals surface area contributed by atoms with Crippen LogP contribution in [0.5, 0.6) is 5.75 Å². The summed E-state index contributed by atoms with van der Waals surface area (Å²) in [5, 5.41) is 16.4. The van der Waals surface area contributed by atoms with Crippen LogP contribution in [0.3, 0.4) is 0 Å². The van der Waals surface area contributed by atoms with Gasteiger partial charge in [0.15, 0.2) is 0 Å². The Morgan fingerprint density at radius 3 is 2.49 bits per heavy atom. The largest absolute Gasteiger partial charge is 0.494 e. The van der Waals surface area contributed by atoms with Gasteiger partial charge in [-0.05, 0) is 55.5 Å². The molecule has 5 rings (SSSR count). The van der Waals surface area contributed by atoms with Crippen LogP contribution >= 0.6 is 27.7 Å². The number of hydrogen-bond acceptors (Lipinski definition) is 6. The Hall–Kier alpha value is -2.56. The first-order chi connectivity index (χ1) is 19.7. The average molecular weight is 645 g/mol. The summed E-state index contributed by atoms with van der Waals surface area (Å²) in [6, 6.07) is 15.5. The number of aliphatic hydroxyl groups is 1. The number of ether oxygens (including phenoxy) is 1. The van der Waals surface area contributed by atoms with Gasteiger partial charge in [0.2, 0.25) is 17.7 Å². The van der Waals surface area contributed by atoms with Crippen LogP contribution < -0.4 is 15.4 Å². The Balaban J connectivity index is 1.46. The van der Waals surface area contributed by atoms with Crippen molar-refractivity contribution in [3.63, 3.8) is 0 Å². The SMILES string of the molecule is CCOc1ccc(NC(=O)[C@H]2[C@H]3C(=O)N([C@@H](CO)CC(C)C)C(C(=O)NCc4ccccc4)C34CC(Br)[C@@H]2S4)cc1. The molecule has 2 aromatic rings. The van der Waals surface area contributed by atoms with Crippen LogP contribution in [0.25, 0.3) is 0 Å². The fraction of sp³-hybridized carbons (Fsp3) is 0.516. The number of carbonyl (C=O) groups excluding carboxylic acids is 3. The number of rotatable bonds is 11. The molecular formula is C31H38BrN3O5S.